The smallest absolute Gasteiger partial charge is 0.196 e. The Morgan fingerprint density at radius 1 is 0.800 bits per heavy atom. The average molecular weight is 343 g/mol. The fourth-order valence-electron chi connectivity index (χ4n) is 3.52. The molecule has 0 aliphatic heterocycles. The number of fused-ring (bicyclic) bond motifs is 1. The van der Waals surface area contributed by atoms with Gasteiger partial charge in [-0.2, -0.15) is 0 Å². The molecule has 0 amide bonds. The summed E-state index contributed by atoms with van der Waals surface area (Å²) in [5, 5.41) is 0. The van der Waals surface area contributed by atoms with E-state index in [1.165, 1.54) is 30.4 Å². The Balaban J connectivity index is 0.000000730. The van der Waals surface area contributed by atoms with Crippen LogP contribution in [0.25, 0.3) is 0 Å². The van der Waals surface area contributed by atoms with E-state index in [1.807, 2.05) is 46.8 Å². The number of aryl methyl sites for hydroxylation is 2. The maximum atomic E-state index is 12.7. The van der Waals surface area contributed by atoms with E-state index in [-0.39, 0.29) is 11.6 Å². The molecule has 25 heavy (non-hydrogen) atoms. The van der Waals surface area contributed by atoms with Crippen molar-refractivity contribution in [2.45, 2.75) is 86.0 Å². The number of benzene rings is 1. The van der Waals surface area contributed by atoms with Gasteiger partial charge in [0.2, 0.25) is 0 Å². The van der Waals surface area contributed by atoms with Crippen molar-refractivity contribution < 1.29 is 9.59 Å². The molecule has 0 unspecified atom stereocenters. The van der Waals surface area contributed by atoms with E-state index in [0.717, 1.165) is 31.3 Å². The highest BCUT2D eigenvalue weighted by Gasteiger charge is 2.25. The monoisotopic (exact) mass is 342 g/mol. The Bertz CT molecular complexity index is 623. The lowest BCUT2D eigenvalue weighted by atomic mass is 9.86. The lowest BCUT2D eigenvalue weighted by Gasteiger charge is -2.16. The molecule has 1 aromatic rings. The van der Waals surface area contributed by atoms with Gasteiger partial charge in [-0.15, -0.1) is 0 Å². The molecule has 2 nitrogen and oxygen atoms in total. The van der Waals surface area contributed by atoms with Gasteiger partial charge in [-0.1, -0.05) is 51.8 Å². The quantitative estimate of drug-likeness (QED) is 0.361. The molecule has 2 aliphatic rings. The fourth-order valence-corrected chi connectivity index (χ4v) is 3.52. The van der Waals surface area contributed by atoms with E-state index in [1.54, 1.807) is 0 Å². The van der Waals surface area contributed by atoms with E-state index < -0.39 is 0 Å². The van der Waals surface area contributed by atoms with Crippen molar-refractivity contribution >= 4 is 11.6 Å². The molecule has 0 spiro atoms. The van der Waals surface area contributed by atoms with Gasteiger partial charge in [0.15, 0.2) is 11.6 Å². The van der Waals surface area contributed by atoms with E-state index in [0.29, 0.717) is 17.6 Å². The summed E-state index contributed by atoms with van der Waals surface area (Å²) in [6, 6.07) is 6.04. The van der Waals surface area contributed by atoms with Crippen molar-refractivity contribution in [2.24, 2.45) is 0 Å². The van der Waals surface area contributed by atoms with Gasteiger partial charge in [0.1, 0.15) is 0 Å². The van der Waals surface area contributed by atoms with Gasteiger partial charge in [-0.05, 0) is 62.6 Å². The van der Waals surface area contributed by atoms with Crippen molar-refractivity contribution in [3.8, 4) is 0 Å². The van der Waals surface area contributed by atoms with Gasteiger partial charge in [0.05, 0.1) is 5.57 Å². The lowest BCUT2D eigenvalue weighted by Crippen LogP contribution is -2.19. The molecule has 0 N–H and O–H groups in total. The summed E-state index contributed by atoms with van der Waals surface area (Å²) in [5.74, 6) is -0.0389. The first-order valence-corrected chi connectivity index (χ1v) is 10.1. The lowest BCUT2D eigenvalue weighted by molar-refractivity contribution is -0.115. The Labute approximate surface area is 153 Å². The van der Waals surface area contributed by atoms with E-state index in [2.05, 4.69) is 6.07 Å². The predicted molar refractivity (Wildman–Crippen MR) is 106 cm³/mol. The number of carbonyl (C=O) groups excluding carboxylic acids is 2. The van der Waals surface area contributed by atoms with E-state index >= 15 is 0 Å². The highest BCUT2D eigenvalue weighted by molar-refractivity contribution is 6.27. The number of Topliss-reactive ketones (excluding diaryl/α,β-unsaturated/α-hetero) is 2. The van der Waals surface area contributed by atoms with Gasteiger partial charge in [-0.3, -0.25) is 9.59 Å². The van der Waals surface area contributed by atoms with Crippen molar-refractivity contribution in [3.63, 3.8) is 0 Å². The molecule has 0 saturated heterocycles. The molecule has 0 radical (unpaired) electrons. The first kappa shape index (κ1) is 21.3. The van der Waals surface area contributed by atoms with Gasteiger partial charge < -0.3 is 0 Å². The summed E-state index contributed by atoms with van der Waals surface area (Å²) in [4.78, 5) is 24.8. The topological polar surface area (TPSA) is 34.1 Å². The molecule has 2 heteroatoms. The molecule has 0 atom stereocenters. The minimum Gasteiger partial charge on any atom is -0.294 e. The van der Waals surface area contributed by atoms with Crippen LogP contribution >= 0.6 is 0 Å². The van der Waals surface area contributed by atoms with E-state index in [4.69, 9.17) is 0 Å². The number of hydrogen-bond acceptors (Lipinski definition) is 2. The number of hydrogen-bond donors (Lipinski definition) is 0. The van der Waals surface area contributed by atoms with Crippen LogP contribution in [0, 0.1) is 0 Å². The molecule has 3 rings (SSSR count). The second-order valence-corrected chi connectivity index (χ2v) is 6.31. The SMILES string of the molecule is CC.CC.CC1=C(C(=O)c2ccc3c(c2)CCCCC3)C(=O)CCC1. The zero-order chi connectivity index (χ0) is 18.8. The van der Waals surface area contributed by atoms with Crippen LogP contribution in [0.1, 0.15) is 94.6 Å². The third kappa shape index (κ3) is 5.39. The molecular formula is C23H34O2. The van der Waals surface area contributed by atoms with E-state index in [9.17, 15) is 9.59 Å². The molecule has 0 saturated carbocycles. The number of ketones is 2. The molecular weight excluding hydrogens is 308 g/mol. The number of allylic oxidation sites excluding steroid dienone is 2. The molecule has 138 valence electrons. The molecule has 0 aromatic heterocycles. The van der Waals surface area contributed by atoms with Gasteiger partial charge in [0.25, 0.3) is 0 Å². The normalized spacial score (nSPS) is 16.6. The van der Waals surface area contributed by atoms with Gasteiger partial charge >= 0.3 is 0 Å². The van der Waals surface area contributed by atoms with Crippen molar-refractivity contribution in [3.05, 3.63) is 46.0 Å². The zero-order valence-corrected chi connectivity index (χ0v) is 16.7. The Kier molecular flexibility index (Phi) is 9.41. The summed E-state index contributed by atoms with van der Waals surface area (Å²) in [6.45, 7) is 9.92. The van der Waals surface area contributed by atoms with Crippen LogP contribution in [-0.2, 0) is 17.6 Å². The van der Waals surface area contributed by atoms with Crippen LogP contribution in [0.2, 0.25) is 0 Å². The molecule has 2 aliphatic carbocycles. The van der Waals surface area contributed by atoms with Crippen LogP contribution in [-0.4, -0.2) is 11.6 Å². The van der Waals surface area contributed by atoms with Crippen LogP contribution in [0.3, 0.4) is 0 Å². The molecule has 0 bridgehead atoms. The van der Waals surface area contributed by atoms with Crippen LogP contribution in [0.5, 0.6) is 0 Å². The summed E-state index contributed by atoms with van der Waals surface area (Å²) in [6.07, 6.45) is 8.15. The minimum absolute atomic E-state index is 0.0266. The van der Waals surface area contributed by atoms with Crippen LogP contribution in [0.15, 0.2) is 29.3 Å². The van der Waals surface area contributed by atoms with Crippen molar-refractivity contribution in [1.82, 2.24) is 0 Å². The molecule has 0 heterocycles. The minimum atomic E-state index is -0.0655. The van der Waals surface area contributed by atoms with Crippen LogP contribution < -0.4 is 0 Å². The molecule has 0 fully saturated rings. The van der Waals surface area contributed by atoms with Crippen LogP contribution in [0.4, 0.5) is 0 Å². The third-order valence-electron chi connectivity index (χ3n) is 4.75. The predicted octanol–water partition coefficient (Wildman–Crippen LogP) is 6.26. The summed E-state index contributed by atoms with van der Waals surface area (Å²) in [5.41, 5.74) is 4.80. The highest BCUT2D eigenvalue weighted by Crippen LogP contribution is 2.27. The first-order valence-electron chi connectivity index (χ1n) is 10.1. The standard InChI is InChI=1S/C19H22O2.2C2H6/c1-13-6-5-9-17(20)18(13)19(21)16-11-10-14-7-3-2-4-8-15(14)12-16;2*1-2/h10-12H,2-9H2,1H3;2*1-2H3. The highest BCUT2D eigenvalue weighted by atomic mass is 16.1. The second-order valence-electron chi connectivity index (χ2n) is 6.31. The number of rotatable bonds is 2. The summed E-state index contributed by atoms with van der Waals surface area (Å²) >= 11 is 0. The molecule has 1 aromatic carbocycles. The maximum Gasteiger partial charge on any atom is 0.196 e. The average Bonchev–Trinajstić information content (AvgIpc) is 2.89. The number of carbonyl (C=O) groups is 2. The first-order chi connectivity index (χ1) is 12.2. The second kappa shape index (κ2) is 11.0. The Hall–Kier alpha value is -1.70. The Morgan fingerprint density at radius 2 is 1.44 bits per heavy atom. The third-order valence-corrected chi connectivity index (χ3v) is 4.75. The van der Waals surface area contributed by atoms with Gasteiger partial charge in [0, 0.05) is 12.0 Å². The Morgan fingerprint density at radius 3 is 2.08 bits per heavy atom. The summed E-state index contributed by atoms with van der Waals surface area (Å²) < 4.78 is 0. The maximum absolute atomic E-state index is 12.7. The fraction of sp³-hybridized carbons (Fsp3) is 0.565. The van der Waals surface area contributed by atoms with Crippen molar-refractivity contribution in [1.29, 1.82) is 0 Å². The zero-order valence-electron chi connectivity index (χ0n) is 16.7. The summed E-state index contributed by atoms with van der Waals surface area (Å²) in [7, 11) is 0. The largest absolute Gasteiger partial charge is 0.294 e. The van der Waals surface area contributed by atoms with Crippen molar-refractivity contribution in [2.75, 3.05) is 0 Å². The van der Waals surface area contributed by atoms with Gasteiger partial charge in [-0.25, -0.2) is 0 Å².